The van der Waals surface area contributed by atoms with Gasteiger partial charge in [0.25, 0.3) is 0 Å². The number of aromatic hydroxyl groups is 1. The summed E-state index contributed by atoms with van der Waals surface area (Å²) in [6.45, 7) is 1.80. The molecule has 0 radical (unpaired) electrons. The van der Waals surface area contributed by atoms with Crippen LogP contribution < -0.4 is 0 Å². The number of hydrogen-bond acceptors (Lipinski definition) is 3. The molecule has 0 spiro atoms. The van der Waals surface area contributed by atoms with E-state index in [1.54, 1.807) is 43.6 Å². The lowest BCUT2D eigenvalue weighted by Gasteiger charge is -2.06. The Bertz CT molecular complexity index is 500. The molecule has 3 heteroatoms. The fourth-order valence-electron chi connectivity index (χ4n) is 1.60. The standard InChI is InChI=1S/C13H11NO2/c1-9-3-2-4-11(15)12(9)13(16)10-5-7-14-8-6-10/h2-8,15H,1H3. The van der Waals surface area contributed by atoms with Crippen molar-refractivity contribution >= 4 is 5.78 Å². The molecule has 0 aliphatic carbocycles. The normalized spacial score (nSPS) is 10.1. The second-order valence-corrected chi connectivity index (χ2v) is 3.53. The van der Waals surface area contributed by atoms with Crippen LogP contribution >= 0.6 is 0 Å². The Hall–Kier alpha value is -2.16. The molecule has 0 aliphatic rings. The molecule has 2 rings (SSSR count). The van der Waals surface area contributed by atoms with Gasteiger partial charge in [0.2, 0.25) is 0 Å². The third kappa shape index (κ3) is 1.80. The molecule has 0 fully saturated rings. The quantitative estimate of drug-likeness (QED) is 0.779. The first-order valence-electron chi connectivity index (χ1n) is 4.93. The summed E-state index contributed by atoms with van der Waals surface area (Å²) in [5, 5.41) is 9.69. The maximum absolute atomic E-state index is 12.1. The fraction of sp³-hybridized carbons (Fsp3) is 0.0769. The molecule has 3 nitrogen and oxygen atoms in total. The number of benzene rings is 1. The SMILES string of the molecule is Cc1cccc(O)c1C(=O)c1ccncc1. The molecule has 1 aromatic heterocycles. The zero-order valence-corrected chi connectivity index (χ0v) is 8.84. The van der Waals surface area contributed by atoms with E-state index in [-0.39, 0.29) is 11.5 Å². The van der Waals surface area contributed by atoms with Crippen LogP contribution in [0.3, 0.4) is 0 Å². The van der Waals surface area contributed by atoms with E-state index in [9.17, 15) is 9.90 Å². The van der Waals surface area contributed by atoms with Crippen LogP contribution in [-0.4, -0.2) is 15.9 Å². The van der Waals surface area contributed by atoms with Crippen molar-refractivity contribution in [3.05, 3.63) is 59.4 Å². The van der Waals surface area contributed by atoms with Gasteiger partial charge < -0.3 is 5.11 Å². The lowest BCUT2D eigenvalue weighted by atomic mass is 9.99. The Morgan fingerprint density at radius 2 is 1.88 bits per heavy atom. The molecular weight excluding hydrogens is 202 g/mol. The van der Waals surface area contributed by atoms with Gasteiger partial charge in [0, 0.05) is 18.0 Å². The minimum absolute atomic E-state index is 0.0156. The second-order valence-electron chi connectivity index (χ2n) is 3.53. The van der Waals surface area contributed by atoms with Gasteiger partial charge >= 0.3 is 0 Å². The van der Waals surface area contributed by atoms with E-state index in [0.717, 1.165) is 5.56 Å². The van der Waals surface area contributed by atoms with E-state index in [1.807, 2.05) is 0 Å². The van der Waals surface area contributed by atoms with Crippen molar-refractivity contribution in [2.75, 3.05) is 0 Å². The minimum atomic E-state index is -0.182. The fourth-order valence-corrected chi connectivity index (χ4v) is 1.60. The molecule has 2 aromatic rings. The van der Waals surface area contributed by atoms with E-state index in [2.05, 4.69) is 4.98 Å². The minimum Gasteiger partial charge on any atom is -0.507 e. The summed E-state index contributed by atoms with van der Waals surface area (Å²) < 4.78 is 0. The van der Waals surface area contributed by atoms with Crippen LogP contribution in [0.15, 0.2) is 42.7 Å². The van der Waals surface area contributed by atoms with E-state index in [0.29, 0.717) is 11.1 Å². The summed E-state index contributed by atoms with van der Waals surface area (Å²) in [5.41, 5.74) is 1.65. The molecule has 1 heterocycles. The number of rotatable bonds is 2. The number of nitrogens with zero attached hydrogens (tertiary/aromatic N) is 1. The summed E-state index contributed by atoms with van der Waals surface area (Å²) in [7, 11) is 0. The zero-order chi connectivity index (χ0) is 11.5. The van der Waals surface area contributed by atoms with Gasteiger partial charge in [-0.15, -0.1) is 0 Å². The van der Waals surface area contributed by atoms with E-state index in [1.165, 1.54) is 6.07 Å². The van der Waals surface area contributed by atoms with Crippen LogP contribution in [0.25, 0.3) is 0 Å². The maximum atomic E-state index is 12.1. The first-order valence-corrected chi connectivity index (χ1v) is 4.93. The van der Waals surface area contributed by atoms with Crippen LogP contribution in [0.2, 0.25) is 0 Å². The van der Waals surface area contributed by atoms with Crippen LogP contribution in [0.5, 0.6) is 5.75 Å². The van der Waals surface area contributed by atoms with Gasteiger partial charge in [-0.2, -0.15) is 0 Å². The maximum Gasteiger partial charge on any atom is 0.197 e. The van der Waals surface area contributed by atoms with Gasteiger partial charge in [-0.05, 0) is 30.7 Å². The Balaban J connectivity index is 2.50. The highest BCUT2D eigenvalue weighted by molar-refractivity contribution is 6.11. The van der Waals surface area contributed by atoms with Crippen molar-refractivity contribution in [3.63, 3.8) is 0 Å². The average molecular weight is 213 g/mol. The second kappa shape index (κ2) is 4.14. The number of carbonyl (C=O) groups excluding carboxylic acids is 1. The molecule has 0 bridgehead atoms. The van der Waals surface area contributed by atoms with Crippen molar-refractivity contribution < 1.29 is 9.90 Å². The summed E-state index contributed by atoms with van der Waals surface area (Å²) in [6, 6.07) is 8.30. The predicted molar refractivity (Wildman–Crippen MR) is 60.5 cm³/mol. The summed E-state index contributed by atoms with van der Waals surface area (Å²) in [4.78, 5) is 16.0. The molecule has 1 aromatic carbocycles. The van der Waals surface area contributed by atoms with Crippen LogP contribution in [-0.2, 0) is 0 Å². The van der Waals surface area contributed by atoms with Crippen LogP contribution in [0, 0.1) is 6.92 Å². The van der Waals surface area contributed by atoms with Gasteiger partial charge in [-0.1, -0.05) is 12.1 Å². The monoisotopic (exact) mass is 213 g/mol. The van der Waals surface area contributed by atoms with Gasteiger partial charge in [-0.25, -0.2) is 0 Å². The van der Waals surface area contributed by atoms with E-state index < -0.39 is 0 Å². The first-order chi connectivity index (χ1) is 7.70. The van der Waals surface area contributed by atoms with Gasteiger partial charge in [0.05, 0.1) is 5.56 Å². The molecule has 80 valence electrons. The number of carbonyl (C=O) groups is 1. The zero-order valence-electron chi connectivity index (χ0n) is 8.84. The van der Waals surface area contributed by atoms with Crippen molar-refractivity contribution in [2.24, 2.45) is 0 Å². The third-order valence-electron chi connectivity index (χ3n) is 2.42. The molecular formula is C13H11NO2. The largest absolute Gasteiger partial charge is 0.507 e. The lowest BCUT2D eigenvalue weighted by molar-refractivity contribution is 0.103. The summed E-state index contributed by atoms with van der Waals surface area (Å²) >= 11 is 0. The van der Waals surface area contributed by atoms with Crippen molar-refractivity contribution in [1.82, 2.24) is 4.98 Å². The van der Waals surface area contributed by atoms with E-state index in [4.69, 9.17) is 0 Å². The molecule has 0 unspecified atom stereocenters. The number of phenolic OH excluding ortho intramolecular Hbond substituents is 1. The molecule has 1 N–H and O–H groups in total. The lowest BCUT2D eigenvalue weighted by Crippen LogP contribution is -2.04. The highest BCUT2D eigenvalue weighted by Gasteiger charge is 2.15. The summed E-state index contributed by atoms with van der Waals surface area (Å²) in [6.07, 6.45) is 3.12. The number of ketones is 1. The Labute approximate surface area is 93.4 Å². The predicted octanol–water partition coefficient (Wildman–Crippen LogP) is 2.33. The Kier molecular flexibility index (Phi) is 2.68. The molecule has 0 saturated heterocycles. The van der Waals surface area contributed by atoms with Gasteiger partial charge in [0.15, 0.2) is 5.78 Å². The van der Waals surface area contributed by atoms with Gasteiger partial charge in [0.1, 0.15) is 5.75 Å². The van der Waals surface area contributed by atoms with Gasteiger partial charge in [-0.3, -0.25) is 9.78 Å². The molecule has 0 amide bonds. The smallest absolute Gasteiger partial charge is 0.197 e. The molecule has 0 saturated carbocycles. The molecule has 16 heavy (non-hydrogen) atoms. The first kappa shape index (κ1) is 10.4. The Morgan fingerprint density at radius 3 is 2.50 bits per heavy atom. The number of aryl methyl sites for hydroxylation is 1. The third-order valence-corrected chi connectivity index (χ3v) is 2.42. The number of pyridine rings is 1. The van der Waals surface area contributed by atoms with Crippen molar-refractivity contribution in [3.8, 4) is 5.75 Å². The highest BCUT2D eigenvalue weighted by Crippen LogP contribution is 2.23. The molecule has 0 aliphatic heterocycles. The van der Waals surface area contributed by atoms with Crippen LogP contribution in [0.1, 0.15) is 21.5 Å². The summed E-state index contributed by atoms with van der Waals surface area (Å²) in [5.74, 6) is -0.167. The number of phenols is 1. The molecule has 0 atom stereocenters. The highest BCUT2D eigenvalue weighted by atomic mass is 16.3. The average Bonchev–Trinajstić information content (AvgIpc) is 2.30. The van der Waals surface area contributed by atoms with Crippen molar-refractivity contribution in [2.45, 2.75) is 6.92 Å². The number of aromatic nitrogens is 1. The van der Waals surface area contributed by atoms with Crippen LogP contribution in [0.4, 0.5) is 0 Å². The Morgan fingerprint density at radius 1 is 1.19 bits per heavy atom. The van der Waals surface area contributed by atoms with Crippen molar-refractivity contribution in [1.29, 1.82) is 0 Å². The topological polar surface area (TPSA) is 50.2 Å². The number of hydrogen-bond donors (Lipinski definition) is 1. The van der Waals surface area contributed by atoms with E-state index >= 15 is 0 Å².